The predicted molar refractivity (Wildman–Crippen MR) is 191 cm³/mol. The number of aryl methyl sites for hydroxylation is 1. The number of halogens is 3. The number of fused-ring (bicyclic) bond motifs is 4. The predicted octanol–water partition coefficient (Wildman–Crippen LogP) is 6.57. The van der Waals surface area contributed by atoms with Crippen LogP contribution in [0.2, 0.25) is 5.02 Å². The number of amides is 1. The van der Waals surface area contributed by atoms with Crippen molar-refractivity contribution in [2.45, 2.75) is 100 Å². The molecule has 2 N–H and O–H groups in total. The van der Waals surface area contributed by atoms with Crippen molar-refractivity contribution in [2.24, 2.45) is 17.8 Å². The van der Waals surface area contributed by atoms with Crippen LogP contribution in [0.15, 0.2) is 36.4 Å². The molecule has 2 fully saturated rings. The highest BCUT2D eigenvalue weighted by Crippen LogP contribution is 2.49. The number of alkyl halides is 2. The average molecular weight is 734 g/mol. The van der Waals surface area contributed by atoms with E-state index in [2.05, 4.69) is 15.7 Å². The van der Waals surface area contributed by atoms with Crippen LogP contribution in [-0.2, 0) is 21.9 Å². The lowest BCUT2D eigenvalue weighted by Gasteiger charge is -2.52. The number of hydrogen-bond acceptors (Lipinski definition) is 7. The van der Waals surface area contributed by atoms with E-state index in [4.69, 9.17) is 16.3 Å². The Labute approximate surface area is 299 Å². The van der Waals surface area contributed by atoms with Gasteiger partial charge in [0.15, 0.2) is 0 Å². The minimum atomic E-state index is -4.00. The zero-order valence-electron chi connectivity index (χ0n) is 29.1. The highest BCUT2D eigenvalue weighted by Gasteiger charge is 2.50. The van der Waals surface area contributed by atoms with Crippen molar-refractivity contribution in [3.05, 3.63) is 58.1 Å². The molecule has 6 atom stereocenters. The van der Waals surface area contributed by atoms with Gasteiger partial charge in [-0.3, -0.25) is 4.79 Å². The van der Waals surface area contributed by atoms with Crippen molar-refractivity contribution >= 4 is 33.2 Å². The second-order valence-corrected chi connectivity index (χ2v) is 18.5. The molecule has 0 radical (unpaired) electrons. The first-order valence-corrected chi connectivity index (χ1v) is 20.3. The molecule has 8 nitrogen and oxygen atoms in total. The van der Waals surface area contributed by atoms with Crippen LogP contribution in [0, 0.1) is 17.8 Å². The summed E-state index contributed by atoms with van der Waals surface area (Å²) in [6, 6.07) is 11.2. The van der Waals surface area contributed by atoms with Crippen molar-refractivity contribution in [2.75, 3.05) is 44.2 Å². The number of sulfonamides is 1. The fraction of sp³-hybridized carbons (Fsp3) is 0.658. The molecule has 0 aromatic heterocycles. The highest BCUT2D eigenvalue weighted by molar-refractivity contribution is 7.90. The third-order valence-electron chi connectivity index (χ3n) is 12.7. The number of aliphatic hydroxyl groups is 1. The van der Waals surface area contributed by atoms with Crippen LogP contribution in [0.4, 0.5) is 14.5 Å². The summed E-state index contributed by atoms with van der Waals surface area (Å²) < 4.78 is 64.1. The summed E-state index contributed by atoms with van der Waals surface area (Å²) in [5.41, 5.74) is 1.94. The average Bonchev–Trinajstić information content (AvgIpc) is 3.19. The standard InChI is InChI=1S/C38H50ClF2N3O5S/c1-25-5-3-14-37(46,23-43-17-15-38(40,41)16-18-43)32-10-7-29(32)21-44-22-36(13-4-6-27-19-30(39)9-11-31(27)36)24-49-34-12-8-28(20-33(34)44)35(45)42-50(47,48)26(25)2/h8-9,11-12,19-20,25-26,29,32,46H,3-7,10,13-18,21-24H2,1-2H3,(H,42,45)/t25-,26+,29-,32+,36-,37+/m0/s1. The van der Waals surface area contributed by atoms with Gasteiger partial charge >= 0.3 is 0 Å². The molecule has 2 aromatic carbocycles. The summed E-state index contributed by atoms with van der Waals surface area (Å²) in [6.45, 7) is 5.96. The largest absolute Gasteiger partial charge is 0.490 e. The Bertz CT molecular complexity index is 1720. The molecule has 2 aliphatic carbocycles. The fourth-order valence-corrected chi connectivity index (χ4v) is 10.9. The van der Waals surface area contributed by atoms with Crippen LogP contribution < -0.4 is 14.4 Å². The van der Waals surface area contributed by atoms with Crippen molar-refractivity contribution in [1.29, 1.82) is 0 Å². The van der Waals surface area contributed by atoms with Crippen molar-refractivity contribution < 1.29 is 31.8 Å². The molecule has 1 saturated carbocycles. The number of carbonyl (C=O) groups is 1. The molecule has 2 aromatic rings. The number of nitrogens with zero attached hydrogens (tertiary/aromatic N) is 2. The van der Waals surface area contributed by atoms with Gasteiger partial charge in [-0.1, -0.05) is 31.0 Å². The van der Waals surface area contributed by atoms with E-state index in [-0.39, 0.29) is 54.7 Å². The van der Waals surface area contributed by atoms with Gasteiger partial charge in [0.05, 0.1) is 23.1 Å². The zero-order chi connectivity index (χ0) is 35.5. The van der Waals surface area contributed by atoms with Gasteiger partial charge < -0.3 is 19.6 Å². The Kier molecular flexibility index (Phi) is 9.70. The molecule has 2 bridgehead atoms. The summed E-state index contributed by atoms with van der Waals surface area (Å²) in [7, 11) is -4.00. The number of piperidine rings is 1. The molecule has 12 heteroatoms. The van der Waals surface area contributed by atoms with Gasteiger partial charge in [-0.25, -0.2) is 21.9 Å². The summed E-state index contributed by atoms with van der Waals surface area (Å²) in [6.07, 6.45) is 5.72. The van der Waals surface area contributed by atoms with Crippen molar-refractivity contribution in [1.82, 2.24) is 9.62 Å². The summed E-state index contributed by atoms with van der Waals surface area (Å²) >= 11 is 6.44. The van der Waals surface area contributed by atoms with E-state index < -0.39 is 32.7 Å². The van der Waals surface area contributed by atoms with E-state index in [0.717, 1.165) is 37.8 Å². The molecular weight excluding hydrogens is 684 g/mol. The van der Waals surface area contributed by atoms with E-state index in [1.807, 2.05) is 24.0 Å². The van der Waals surface area contributed by atoms with E-state index in [1.54, 1.807) is 25.1 Å². The topological polar surface area (TPSA) is 99.2 Å². The lowest BCUT2D eigenvalue weighted by atomic mass is 9.62. The van der Waals surface area contributed by atoms with Crippen LogP contribution in [0.25, 0.3) is 0 Å². The maximum absolute atomic E-state index is 14.1. The van der Waals surface area contributed by atoms with Crippen LogP contribution in [0.1, 0.15) is 93.1 Å². The van der Waals surface area contributed by atoms with Crippen LogP contribution in [0.5, 0.6) is 5.75 Å². The number of likely N-dealkylation sites (tertiary alicyclic amines) is 1. The van der Waals surface area contributed by atoms with Crippen LogP contribution >= 0.6 is 11.6 Å². The van der Waals surface area contributed by atoms with Gasteiger partial charge in [0.2, 0.25) is 10.0 Å². The number of rotatable bonds is 2. The van der Waals surface area contributed by atoms with Crippen molar-refractivity contribution in [3.8, 4) is 5.75 Å². The lowest BCUT2D eigenvalue weighted by molar-refractivity contribution is -0.122. The molecule has 7 rings (SSSR count). The van der Waals surface area contributed by atoms with E-state index in [1.165, 1.54) is 11.1 Å². The monoisotopic (exact) mass is 733 g/mol. The minimum Gasteiger partial charge on any atom is -0.490 e. The number of benzene rings is 2. The first-order valence-electron chi connectivity index (χ1n) is 18.4. The number of nitrogens with one attached hydrogen (secondary N) is 1. The molecule has 5 aliphatic rings. The number of anilines is 1. The van der Waals surface area contributed by atoms with E-state index >= 15 is 0 Å². The smallest absolute Gasteiger partial charge is 0.264 e. The fourth-order valence-electron chi connectivity index (χ4n) is 9.39. The SMILES string of the molecule is C[C@@H]1[C@@H](C)CCC[C@@](O)(CN2CCC(F)(F)CC2)[C@@H]2CC[C@H]2CN2C[C@@]3(CCCc4cc(Cl)ccc43)COc3ccc(cc32)C(=O)NS1(=O)=O. The third kappa shape index (κ3) is 7.00. The first kappa shape index (κ1) is 35.9. The Balaban J connectivity index is 1.27. The lowest BCUT2D eigenvalue weighted by Crippen LogP contribution is -2.58. The molecule has 1 amide bonds. The van der Waals surface area contributed by atoms with Gasteiger partial charge in [-0.05, 0) is 111 Å². The molecule has 1 spiro atoms. The molecule has 1 saturated heterocycles. The van der Waals surface area contributed by atoms with Crippen molar-refractivity contribution in [3.63, 3.8) is 0 Å². The molecule has 274 valence electrons. The summed E-state index contributed by atoms with van der Waals surface area (Å²) in [5, 5.41) is 12.5. The van der Waals surface area contributed by atoms with Gasteiger partial charge in [0.1, 0.15) is 5.75 Å². The zero-order valence-corrected chi connectivity index (χ0v) is 30.7. The summed E-state index contributed by atoms with van der Waals surface area (Å²) in [5.74, 6) is -2.91. The van der Waals surface area contributed by atoms with E-state index in [0.29, 0.717) is 56.3 Å². The molecular formula is C38H50ClF2N3O5S. The second kappa shape index (κ2) is 13.5. The second-order valence-electron chi connectivity index (χ2n) is 16.0. The highest BCUT2D eigenvalue weighted by atomic mass is 35.5. The Hall–Kier alpha value is -2.47. The normalized spacial score (nSPS) is 34.4. The van der Waals surface area contributed by atoms with E-state index in [9.17, 15) is 27.1 Å². The molecule has 3 heterocycles. The van der Waals surface area contributed by atoms with Crippen LogP contribution in [0.3, 0.4) is 0 Å². The number of hydrogen-bond donors (Lipinski definition) is 2. The van der Waals surface area contributed by atoms with Gasteiger partial charge in [-0.15, -0.1) is 0 Å². The minimum absolute atomic E-state index is 0.0539. The Morgan fingerprint density at radius 1 is 1.02 bits per heavy atom. The third-order valence-corrected chi connectivity index (χ3v) is 14.9. The first-order chi connectivity index (χ1) is 23.7. The maximum Gasteiger partial charge on any atom is 0.264 e. The number of β-amino-alcohol motifs (C(OH)–C–C–N with tert-alkyl or cyclic N) is 1. The van der Waals surface area contributed by atoms with Gasteiger partial charge in [0.25, 0.3) is 11.8 Å². The maximum atomic E-state index is 14.1. The summed E-state index contributed by atoms with van der Waals surface area (Å²) in [4.78, 5) is 17.8. The van der Waals surface area contributed by atoms with Gasteiger partial charge in [-0.2, -0.15) is 0 Å². The number of ether oxygens (including phenoxy) is 1. The molecule has 3 aliphatic heterocycles. The van der Waals surface area contributed by atoms with Crippen LogP contribution in [-0.4, -0.2) is 80.4 Å². The Morgan fingerprint density at radius 3 is 2.54 bits per heavy atom. The number of carbonyl (C=O) groups excluding carboxylic acids is 1. The molecule has 0 unspecified atom stereocenters. The Morgan fingerprint density at radius 2 is 1.80 bits per heavy atom. The molecule has 50 heavy (non-hydrogen) atoms. The van der Waals surface area contributed by atoms with Gasteiger partial charge in [0, 0.05) is 61.6 Å². The quantitative estimate of drug-likeness (QED) is 0.361.